The Balaban J connectivity index is 0.00000156. The van der Waals surface area contributed by atoms with E-state index in [0.29, 0.717) is 22.5 Å². The molecule has 4 nitrogen and oxygen atoms in total. The molecule has 0 bridgehead atoms. The second-order valence-electron chi connectivity index (χ2n) is 6.67. The molecular formula is C18H27Cl3N2O2. The van der Waals surface area contributed by atoms with Gasteiger partial charge in [0.2, 0.25) is 5.91 Å². The lowest BCUT2D eigenvalue weighted by Crippen LogP contribution is -2.49. The van der Waals surface area contributed by atoms with E-state index in [1.165, 1.54) is 32.4 Å². The molecule has 1 amide bonds. The Morgan fingerprint density at radius 2 is 1.72 bits per heavy atom. The first-order valence-electron chi connectivity index (χ1n) is 8.59. The lowest BCUT2D eigenvalue weighted by molar-refractivity contribution is -0.134. The summed E-state index contributed by atoms with van der Waals surface area (Å²) < 4.78 is 0. The fourth-order valence-corrected chi connectivity index (χ4v) is 4.03. The van der Waals surface area contributed by atoms with E-state index in [1.54, 1.807) is 12.1 Å². The zero-order valence-electron chi connectivity index (χ0n) is 14.3. The first-order chi connectivity index (χ1) is 11.1. The summed E-state index contributed by atoms with van der Waals surface area (Å²) in [6.07, 6.45) is 6.48. The standard InChI is InChI=1S/C18H24Cl2N2O.ClH.H2O/c19-16-7-6-14(11-17(16)20)12-18(23)22-10-2-1-5-15(22)13-21-8-3-4-9-21;;/h6-7,11,15H,1-5,8-10,12-13H2;1H;1H2/t15-;;/m1../s1. The van der Waals surface area contributed by atoms with Crippen LogP contribution in [0.4, 0.5) is 0 Å². The lowest BCUT2D eigenvalue weighted by atomic mass is 10.00. The third-order valence-electron chi connectivity index (χ3n) is 4.95. The number of nitrogens with zero attached hydrogens (tertiary/aromatic N) is 2. The summed E-state index contributed by atoms with van der Waals surface area (Å²) >= 11 is 12.0. The zero-order chi connectivity index (χ0) is 16.2. The number of hydrogen-bond acceptors (Lipinski definition) is 2. The molecule has 2 fully saturated rings. The predicted octanol–water partition coefficient (Wildman–Crippen LogP) is 3.61. The minimum Gasteiger partial charge on any atom is -0.412 e. The van der Waals surface area contributed by atoms with Crippen LogP contribution in [0.15, 0.2) is 18.2 Å². The summed E-state index contributed by atoms with van der Waals surface area (Å²) in [5.41, 5.74) is 0.940. The fourth-order valence-electron chi connectivity index (χ4n) is 3.71. The van der Waals surface area contributed by atoms with Crippen molar-refractivity contribution >= 4 is 41.5 Å². The van der Waals surface area contributed by atoms with Crippen LogP contribution in [-0.4, -0.2) is 53.4 Å². The largest absolute Gasteiger partial charge is 0.412 e. The molecule has 7 heteroatoms. The van der Waals surface area contributed by atoms with Crippen molar-refractivity contribution in [2.24, 2.45) is 0 Å². The minimum atomic E-state index is 0. The van der Waals surface area contributed by atoms with Crippen molar-refractivity contribution in [1.82, 2.24) is 9.80 Å². The molecule has 0 aromatic heterocycles. The van der Waals surface area contributed by atoms with Gasteiger partial charge in [0.15, 0.2) is 0 Å². The van der Waals surface area contributed by atoms with E-state index in [4.69, 9.17) is 23.2 Å². The highest BCUT2D eigenvalue weighted by Crippen LogP contribution is 2.25. The Bertz CT molecular complexity index is 565. The van der Waals surface area contributed by atoms with Crippen LogP contribution in [0.2, 0.25) is 10.0 Å². The second kappa shape index (κ2) is 10.6. The molecule has 1 aromatic rings. The maximum absolute atomic E-state index is 12.8. The average molecular weight is 410 g/mol. The first kappa shape index (κ1) is 22.5. The van der Waals surface area contributed by atoms with E-state index >= 15 is 0 Å². The molecule has 1 atom stereocenters. The SMILES string of the molecule is Cl.O.O=C(Cc1ccc(Cl)c(Cl)c1)N1CCCC[C@@H]1CN1CCCC1. The van der Waals surface area contributed by atoms with Gasteiger partial charge in [0.05, 0.1) is 16.5 Å². The van der Waals surface area contributed by atoms with Crippen molar-refractivity contribution in [2.45, 2.75) is 44.6 Å². The maximum atomic E-state index is 12.8. The van der Waals surface area contributed by atoms with Crippen LogP contribution in [0.5, 0.6) is 0 Å². The second-order valence-corrected chi connectivity index (χ2v) is 7.48. The van der Waals surface area contributed by atoms with Crippen LogP contribution in [0.25, 0.3) is 0 Å². The summed E-state index contributed by atoms with van der Waals surface area (Å²) in [5.74, 6) is 0.215. The molecule has 142 valence electrons. The van der Waals surface area contributed by atoms with Crippen molar-refractivity contribution in [3.63, 3.8) is 0 Å². The van der Waals surface area contributed by atoms with Crippen molar-refractivity contribution in [3.05, 3.63) is 33.8 Å². The smallest absolute Gasteiger partial charge is 0.227 e. The summed E-state index contributed by atoms with van der Waals surface area (Å²) in [4.78, 5) is 17.4. The molecule has 1 aromatic carbocycles. The number of rotatable bonds is 4. The number of benzene rings is 1. The van der Waals surface area contributed by atoms with Gasteiger partial charge in [-0.3, -0.25) is 4.79 Å². The Hall–Kier alpha value is -0.520. The maximum Gasteiger partial charge on any atom is 0.227 e. The van der Waals surface area contributed by atoms with Crippen molar-refractivity contribution in [3.8, 4) is 0 Å². The number of halogens is 3. The molecule has 0 aliphatic carbocycles. The van der Waals surface area contributed by atoms with E-state index in [0.717, 1.165) is 31.5 Å². The summed E-state index contributed by atoms with van der Waals surface area (Å²) in [6, 6.07) is 5.84. The van der Waals surface area contributed by atoms with Crippen molar-refractivity contribution < 1.29 is 10.3 Å². The summed E-state index contributed by atoms with van der Waals surface area (Å²) in [6.45, 7) is 4.29. The molecular weight excluding hydrogens is 383 g/mol. The van der Waals surface area contributed by atoms with Crippen LogP contribution in [0, 0.1) is 0 Å². The third-order valence-corrected chi connectivity index (χ3v) is 5.69. The van der Waals surface area contributed by atoms with Crippen LogP contribution in [-0.2, 0) is 11.2 Å². The van der Waals surface area contributed by atoms with Gasteiger partial charge in [0.1, 0.15) is 0 Å². The number of likely N-dealkylation sites (tertiary alicyclic amines) is 2. The third kappa shape index (κ3) is 6.00. The van der Waals surface area contributed by atoms with E-state index in [2.05, 4.69) is 9.80 Å². The summed E-state index contributed by atoms with van der Waals surface area (Å²) in [5, 5.41) is 1.05. The highest BCUT2D eigenvalue weighted by Gasteiger charge is 2.28. The van der Waals surface area contributed by atoms with Crippen LogP contribution in [0.1, 0.15) is 37.7 Å². The normalized spacial score (nSPS) is 20.7. The van der Waals surface area contributed by atoms with E-state index in [9.17, 15) is 4.79 Å². The molecule has 25 heavy (non-hydrogen) atoms. The monoisotopic (exact) mass is 408 g/mol. The number of piperidine rings is 1. The number of carbonyl (C=O) groups is 1. The van der Waals surface area contributed by atoms with Gasteiger partial charge in [-0.2, -0.15) is 0 Å². The molecule has 2 N–H and O–H groups in total. The predicted molar refractivity (Wildman–Crippen MR) is 106 cm³/mol. The van der Waals surface area contributed by atoms with Gasteiger partial charge in [-0.15, -0.1) is 12.4 Å². The lowest BCUT2D eigenvalue weighted by Gasteiger charge is -2.38. The topological polar surface area (TPSA) is 55.1 Å². The minimum absolute atomic E-state index is 0. The quantitative estimate of drug-likeness (QED) is 0.762. The molecule has 3 rings (SSSR count). The van der Waals surface area contributed by atoms with Gasteiger partial charge < -0.3 is 15.3 Å². The number of amides is 1. The van der Waals surface area contributed by atoms with Gasteiger partial charge in [-0.05, 0) is 62.9 Å². The van der Waals surface area contributed by atoms with E-state index in [-0.39, 0.29) is 23.8 Å². The molecule has 0 saturated carbocycles. The Morgan fingerprint density at radius 1 is 1.04 bits per heavy atom. The number of hydrogen-bond donors (Lipinski definition) is 0. The molecule has 2 saturated heterocycles. The van der Waals surface area contributed by atoms with E-state index < -0.39 is 0 Å². The molecule has 2 aliphatic rings. The molecule has 0 spiro atoms. The Kier molecular flexibility index (Phi) is 9.54. The van der Waals surface area contributed by atoms with Crippen LogP contribution < -0.4 is 0 Å². The highest BCUT2D eigenvalue weighted by molar-refractivity contribution is 6.42. The Morgan fingerprint density at radius 3 is 2.40 bits per heavy atom. The number of carbonyl (C=O) groups excluding carboxylic acids is 1. The van der Waals surface area contributed by atoms with Gasteiger partial charge >= 0.3 is 0 Å². The van der Waals surface area contributed by atoms with Gasteiger partial charge in [0, 0.05) is 19.1 Å². The molecule has 0 unspecified atom stereocenters. The zero-order valence-corrected chi connectivity index (χ0v) is 16.7. The molecule has 2 aliphatic heterocycles. The van der Waals surface area contributed by atoms with Crippen LogP contribution in [0.3, 0.4) is 0 Å². The van der Waals surface area contributed by atoms with Crippen molar-refractivity contribution in [1.29, 1.82) is 0 Å². The molecule has 2 heterocycles. The highest BCUT2D eigenvalue weighted by atomic mass is 35.5. The average Bonchev–Trinajstić information content (AvgIpc) is 3.04. The fraction of sp³-hybridized carbons (Fsp3) is 0.611. The molecule has 0 radical (unpaired) electrons. The van der Waals surface area contributed by atoms with Gasteiger partial charge in [0.25, 0.3) is 0 Å². The van der Waals surface area contributed by atoms with Gasteiger partial charge in [-0.1, -0.05) is 29.3 Å². The Labute approximate surface area is 166 Å². The van der Waals surface area contributed by atoms with Crippen molar-refractivity contribution in [2.75, 3.05) is 26.2 Å². The summed E-state index contributed by atoms with van der Waals surface area (Å²) in [7, 11) is 0. The van der Waals surface area contributed by atoms with Gasteiger partial charge in [-0.25, -0.2) is 0 Å². The van der Waals surface area contributed by atoms with Crippen LogP contribution >= 0.6 is 35.6 Å². The van der Waals surface area contributed by atoms with E-state index in [1.807, 2.05) is 6.07 Å². The first-order valence-corrected chi connectivity index (χ1v) is 9.35.